The summed E-state index contributed by atoms with van der Waals surface area (Å²) in [6.07, 6.45) is 0. The first kappa shape index (κ1) is 32.8. The summed E-state index contributed by atoms with van der Waals surface area (Å²) in [6.45, 7) is 9.42. The molecule has 11 rings (SSSR count). The maximum Gasteiger partial charge on any atom is 0.160 e. The van der Waals surface area contributed by atoms with Crippen molar-refractivity contribution in [3.63, 3.8) is 0 Å². The SMILES string of the molecule is CC1(C)c2cc3ccccc3cc2-c2c(-c3ccc(-c4cc(-c5ccc6c(c5)C(C)(C)c5ccc7ccccc7c5-6)nc(-c5ccccc5)n4)cc3)cccc21. The van der Waals surface area contributed by atoms with Gasteiger partial charge in [0.15, 0.2) is 5.82 Å². The summed E-state index contributed by atoms with van der Waals surface area (Å²) in [4.78, 5) is 10.4. The van der Waals surface area contributed by atoms with Gasteiger partial charge in [-0.15, -0.1) is 0 Å². The standard InChI is InChI=1S/C54H40N2/c1-53(2)44-20-12-19-41(51(44)43-29-37-16-8-9-17-38(37)30-47(43)53)34-21-23-35(24-22-34)48-32-49(56-52(55-48)36-14-6-5-7-15-36)39-25-27-42-46(31-39)54(3,4)45-28-26-33-13-10-11-18-40(33)50(42)45/h5-32H,1-4H3. The van der Waals surface area contributed by atoms with E-state index in [1.54, 1.807) is 0 Å². The van der Waals surface area contributed by atoms with Crippen LogP contribution in [0.5, 0.6) is 0 Å². The van der Waals surface area contributed by atoms with Gasteiger partial charge < -0.3 is 0 Å². The molecular formula is C54H40N2. The monoisotopic (exact) mass is 716 g/mol. The highest BCUT2D eigenvalue weighted by atomic mass is 14.9. The molecule has 9 aromatic rings. The summed E-state index contributed by atoms with van der Waals surface area (Å²) in [5, 5.41) is 5.15. The first-order valence-electron chi connectivity index (χ1n) is 19.7. The first-order chi connectivity index (χ1) is 27.3. The van der Waals surface area contributed by atoms with E-state index in [9.17, 15) is 0 Å². The summed E-state index contributed by atoms with van der Waals surface area (Å²) < 4.78 is 0. The van der Waals surface area contributed by atoms with Crippen molar-refractivity contribution >= 4 is 21.5 Å². The molecule has 2 aliphatic carbocycles. The van der Waals surface area contributed by atoms with Crippen LogP contribution in [0.2, 0.25) is 0 Å². The normalized spacial score (nSPS) is 14.4. The Bertz CT molecular complexity index is 3060. The molecule has 0 radical (unpaired) electrons. The van der Waals surface area contributed by atoms with E-state index in [-0.39, 0.29) is 10.8 Å². The van der Waals surface area contributed by atoms with Crippen molar-refractivity contribution in [2.45, 2.75) is 38.5 Å². The van der Waals surface area contributed by atoms with Crippen molar-refractivity contribution < 1.29 is 0 Å². The van der Waals surface area contributed by atoms with Crippen LogP contribution in [0.4, 0.5) is 0 Å². The van der Waals surface area contributed by atoms with E-state index >= 15 is 0 Å². The van der Waals surface area contributed by atoms with Gasteiger partial charge in [-0.25, -0.2) is 9.97 Å². The smallest absolute Gasteiger partial charge is 0.160 e. The molecule has 2 aliphatic rings. The second-order valence-corrected chi connectivity index (χ2v) is 16.6. The largest absolute Gasteiger partial charge is 0.228 e. The topological polar surface area (TPSA) is 25.8 Å². The Balaban J connectivity index is 1.02. The summed E-state index contributed by atoms with van der Waals surface area (Å²) in [5.41, 5.74) is 18.1. The summed E-state index contributed by atoms with van der Waals surface area (Å²) in [5.74, 6) is 0.725. The quantitative estimate of drug-likeness (QED) is 0.181. The summed E-state index contributed by atoms with van der Waals surface area (Å²) >= 11 is 0. The number of hydrogen-bond acceptors (Lipinski definition) is 2. The molecule has 1 heterocycles. The first-order valence-corrected chi connectivity index (χ1v) is 19.7. The average Bonchev–Trinajstić information content (AvgIpc) is 3.62. The predicted octanol–water partition coefficient (Wildman–Crippen LogP) is 14.1. The van der Waals surface area contributed by atoms with Crippen molar-refractivity contribution in [1.82, 2.24) is 9.97 Å². The van der Waals surface area contributed by atoms with Crippen LogP contribution in [0, 0.1) is 0 Å². The minimum atomic E-state index is -0.140. The van der Waals surface area contributed by atoms with Gasteiger partial charge in [0.25, 0.3) is 0 Å². The molecule has 0 spiro atoms. The molecule has 0 atom stereocenters. The van der Waals surface area contributed by atoms with E-state index in [1.165, 1.54) is 77.2 Å². The maximum atomic E-state index is 5.22. The van der Waals surface area contributed by atoms with Gasteiger partial charge in [-0.3, -0.25) is 0 Å². The van der Waals surface area contributed by atoms with Crippen molar-refractivity contribution in [2.75, 3.05) is 0 Å². The van der Waals surface area contributed by atoms with E-state index in [4.69, 9.17) is 9.97 Å². The Morgan fingerprint density at radius 3 is 1.71 bits per heavy atom. The third-order valence-electron chi connectivity index (χ3n) is 12.7. The molecule has 0 saturated carbocycles. The Morgan fingerprint density at radius 2 is 0.946 bits per heavy atom. The molecule has 0 aliphatic heterocycles. The number of benzene rings is 8. The van der Waals surface area contributed by atoms with Crippen molar-refractivity contribution in [1.29, 1.82) is 0 Å². The molecule has 1 aromatic heterocycles. The third-order valence-corrected chi connectivity index (χ3v) is 12.7. The molecule has 0 unspecified atom stereocenters. The maximum absolute atomic E-state index is 5.22. The zero-order valence-corrected chi connectivity index (χ0v) is 32.1. The van der Waals surface area contributed by atoms with Gasteiger partial charge in [0.1, 0.15) is 0 Å². The van der Waals surface area contributed by atoms with Crippen LogP contribution < -0.4 is 0 Å². The van der Waals surface area contributed by atoms with Crippen LogP contribution >= 0.6 is 0 Å². The molecular weight excluding hydrogens is 677 g/mol. The molecule has 0 bridgehead atoms. The Kier molecular flexibility index (Phi) is 6.98. The van der Waals surface area contributed by atoms with Gasteiger partial charge in [0.2, 0.25) is 0 Å². The number of nitrogens with zero attached hydrogens (tertiary/aromatic N) is 2. The van der Waals surface area contributed by atoms with E-state index in [1.807, 2.05) is 6.07 Å². The van der Waals surface area contributed by atoms with Gasteiger partial charge in [-0.05, 0) is 101 Å². The van der Waals surface area contributed by atoms with Crippen LogP contribution in [0.15, 0.2) is 170 Å². The summed E-state index contributed by atoms with van der Waals surface area (Å²) in [6, 6.07) is 62.1. The molecule has 2 heteroatoms. The second kappa shape index (κ2) is 11.9. The minimum Gasteiger partial charge on any atom is -0.228 e. The fourth-order valence-electron chi connectivity index (χ4n) is 9.66. The molecule has 0 fully saturated rings. The predicted molar refractivity (Wildman–Crippen MR) is 234 cm³/mol. The fourth-order valence-corrected chi connectivity index (χ4v) is 9.66. The number of hydrogen-bond donors (Lipinski definition) is 0. The average molecular weight is 717 g/mol. The van der Waals surface area contributed by atoms with Crippen molar-refractivity contribution in [2.24, 2.45) is 0 Å². The Hall–Kier alpha value is -6.64. The Labute approximate surface area is 328 Å². The summed E-state index contributed by atoms with van der Waals surface area (Å²) in [7, 11) is 0. The highest BCUT2D eigenvalue weighted by Crippen LogP contribution is 2.54. The lowest BCUT2D eigenvalue weighted by Crippen LogP contribution is -2.15. The van der Waals surface area contributed by atoms with E-state index in [0.29, 0.717) is 0 Å². The Morgan fingerprint density at radius 1 is 0.339 bits per heavy atom. The van der Waals surface area contributed by atoms with Crippen molar-refractivity contribution in [3.8, 4) is 67.3 Å². The number of aromatic nitrogens is 2. The molecule has 2 nitrogen and oxygen atoms in total. The molecule has 8 aromatic carbocycles. The van der Waals surface area contributed by atoms with Crippen LogP contribution in [-0.4, -0.2) is 9.97 Å². The van der Waals surface area contributed by atoms with Crippen LogP contribution in [0.25, 0.3) is 88.8 Å². The number of rotatable bonds is 4. The van der Waals surface area contributed by atoms with Gasteiger partial charge in [0.05, 0.1) is 11.4 Å². The highest BCUT2D eigenvalue weighted by Gasteiger charge is 2.38. The van der Waals surface area contributed by atoms with Crippen LogP contribution in [-0.2, 0) is 10.8 Å². The van der Waals surface area contributed by atoms with Gasteiger partial charge in [-0.1, -0.05) is 173 Å². The zero-order chi connectivity index (χ0) is 37.8. The van der Waals surface area contributed by atoms with Crippen LogP contribution in [0.1, 0.15) is 49.9 Å². The fraction of sp³-hybridized carbons (Fsp3) is 0.111. The minimum absolute atomic E-state index is 0.0841. The van der Waals surface area contributed by atoms with Gasteiger partial charge >= 0.3 is 0 Å². The van der Waals surface area contributed by atoms with Gasteiger partial charge in [-0.2, -0.15) is 0 Å². The highest BCUT2D eigenvalue weighted by molar-refractivity contribution is 6.03. The zero-order valence-electron chi connectivity index (χ0n) is 32.1. The molecule has 0 saturated heterocycles. The third kappa shape index (κ3) is 4.82. The number of fused-ring (bicyclic) bond motifs is 9. The van der Waals surface area contributed by atoms with E-state index in [2.05, 4.69) is 191 Å². The van der Waals surface area contributed by atoms with Gasteiger partial charge in [0, 0.05) is 27.5 Å². The van der Waals surface area contributed by atoms with Crippen molar-refractivity contribution in [3.05, 3.63) is 192 Å². The lowest BCUT2D eigenvalue weighted by atomic mass is 9.81. The molecule has 0 N–H and O–H groups in total. The molecule has 266 valence electrons. The molecule has 0 amide bonds. The van der Waals surface area contributed by atoms with E-state index < -0.39 is 0 Å². The second-order valence-electron chi connectivity index (χ2n) is 16.6. The van der Waals surface area contributed by atoms with E-state index in [0.717, 1.165) is 33.9 Å². The molecule has 56 heavy (non-hydrogen) atoms. The van der Waals surface area contributed by atoms with Crippen LogP contribution in [0.3, 0.4) is 0 Å². The lowest BCUT2D eigenvalue weighted by Gasteiger charge is -2.22. The lowest BCUT2D eigenvalue weighted by molar-refractivity contribution is 0.661.